The molecule has 0 saturated carbocycles. The van der Waals surface area contributed by atoms with Crippen molar-refractivity contribution in [2.45, 2.75) is 18.9 Å². The van der Waals surface area contributed by atoms with E-state index in [4.69, 9.17) is 4.74 Å². The monoisotopic (exact) mass is 338 g/mol. The Morgan fingerprint density at radius 1 is 1.04 bits per heavy atom. The minimum Gasteiger partial charge on any atom is -0.448 e. The maximum atomic E-state index is 14.1. The van der Waals surface area contributed by atoms with Crippen LogP contribution in [0.4, 0.5) is 4.39 Å². The molecule has 25 heavy (non-hydrogen) atoms. The molecule has 128 valence electrons. The number of benzene rings is 2. The molecule has 3 saturated heterocycles. The molecule has 3 aliphatic heterocycles. The van der Waals surface area contributed by atoms with Crippen molar-refractivity contribution in [3.05, 3.63) is 77.2 Å². The quantitative estimate of drug-likeness (QED) is 0.873. The highest BCUT2D eigenvalue weighted by atomic mass is 19.1. The van der Waals surface area contributed by atoms with Crippen molar-refractivity contribution in [3.8, 4) is 0 Å². The van der Waals surface area contributed by atoms with Crippen molar-refractivity contribution in [2.75, 3.05) is 13.1 Å². The Bertz CT molecular complexity index is 795. The fourth-order valence-electron chi connectivity index (χ4n) is 3.90. The van der Waals surface area contributed by atoms with Crippen LogP contribution >= 0.6 is 0 Å². The Hall–Kier alpha value is -2.46. The van der Waals surface area contributed by atoms with E-state index in [0.29, 0.717) is 17.0 Å². The maximum Gasteiger partial charge on any atom is 0.338 e. The van der Waals surface area contributed by atoms with E-state index in [2.05, 4.69) is 0 Å². The molecule has 3 heterocycles. The lowest BCUT2D eigenvalue weighted by molar-refractivity contribution is -0.880. The number of carbonyl (C=O) groups is 1. The Morgan fingerprint density at radius 2 is 1.72 bits per heavy atom. The molecule has 3 nitrogen and oxygen atoms in total. The van der Waals surface area contributed by atoms with E-state index in [9.17, 15) is 9.18 Å². The molecule has 0 aromatic heterocycles. The lowest BCUT2D eigenvalue weighted by Crippen LogP contribution is -3.14. The van der Waals surface area contributed by atoms with Crippen LogP contribution in [0.3, 0.4) is 0 Å². The van der Waals surface area contributed by atoms with Crippen LogP contribution in [0.25, 0.3) is 6.08 Å². The summed E-state index contributed by atoms with van der Waals surface area (Å²) in [5.41, 5.74) is 2.11. The first-order valence-corrected chi connectivity index (χ1v) is 8.79. The molecule has 1 atom stereocenters. The van der Waals surface area contributed by atoms with Crippen LogP contribution in [-0.4, -0.2) is 25.2 Å². The molecule has 0 unspecified atom stereocenters. The van der Waals surface area contributed by atoms with Crippen LogP contribution in [-0.2, 0) is 4.74 Å². The first kappa shape index (κ1) is 16.0. The molecule has 0 radical (unpaired) electrons. The average molecular weight is 338 g/mol. The second kappa shape index (κ2) is 6.81. The van der Waals surface area contributed by atoms with E-state index in [1.54, 1.807) is 24.3 Å². The minimum absolute atomic E-state index is 0.245. The van der Waals surface area contributed by atoms with Crippen LogP contribution in [0.5, 0.6) is 0 Å². The van der Waals surface area contributed by atoms with Crippen LogP contribution in [0, 0.1) is 11.7 Å². The minimum atomic E-state index is -0.307. The molecule has 1 N–H and O–H groups in total. The van der Waals surface area contributed by atoms with Gasteiger partial charge >= 0.3 is 5.97 Å². The van der Waals surface area contributed by atoms with Crippen molar-refractivity contribution in [2.24, 2.45) is 5.92 Å². The van der Waals surface area contributed by atoms with Gasteiger partial charge in [0.15, 0.2) is 6.10 Å². The van der Waals surface area contributed by atoms with Gasteiger partial charge in [-0.05, 0) is 18.2 Å². The Labute approximate surface area is 146 Å². The van der Waals surface area contributed by atoms with Gasteiger partial charge in [-0.2, -0.15) is 0 Å². The summed E-state index contributed by atoms with van der Waals surface area (Å²) in [5, 5.41) is 0. The molecule has 3 aliphatic rings. The summed E-state index contributed by atoms with van der Waals surface area (Å²) in [4.78, 5) is 13.8. The summed E-state index contributed by atoms with van der Waals surface area (Å²) < 4.78 is 20.0. The topological polar surface area (TPSA) is 30.7 Å². The van der Waals surface area contributed by atoms with E-state index in [-0.39, 0.29) is 17.9 Å². The van der Waals surface area contributed by atoms with Gasteiger partial charge in [-0.1, -0.05) is 36.4 Å². The number of rotatable bonds is 3. The number of hydrogen-bond acceptors (Lipinski definition) is 2. The van der Waals surface area contributed by atoms with Crippen molar-refractivity contribution in [3.63, 3.8) is 0 Å². The zero-order chi connectivity index (χ0) is 17.2. The summed E-state index contributed by atoms with van der Waals surface area (Å²) in [6, 6.07) is 15.8. The van der Waals surface area contributed by atoms with E-state index in [0.717, 1.165) is 31.6 Å². The first-order valence-electron chi connectivity index (χ1n) is 8.79. The SMILES string of the molecule is O=C(O[C@H]1C(=Cc2ccccc2F)[NH+]2CCC1CC2)c1ccccc1. The third kappa shape index (κ3) is 3.22. The largest absolute Gasteiger partial charge is 0.448 e. The number of piperidine rings is 3. The summed E-state index contributed by atoms with van der Waals surface area (Å²) >= 11 is 0. The van der Waals surface area contributed by atoms with Gasteiger partial charge in [-0.3, -0.25) is 0 Å². The van der Waals surface area contributed by atoms with Gasteiger partial charge in [0.2, 0.25) is 0 Å². The molecule has 3 fully saturated rings. The van der Waals surface area contributed by atoms with E-state index < -0.39 is 0 Å². The third-order valence-corrected chi connectivity index (χ3v) is 5.24. The number of carbonyl (C=O) groups excluding carboxylic acids is 1. The van der Waals surface area contributed by atoms with Crippen molar-refractivity contribution >= 4 is 12.0 Å². The Balaban J connectivity index is 1.64. The van der Waals surface area contributed by atoms with Crippen LogP contribution in [0.15, 0.2) is 60.3 Å². The highest BCUT2D eigenvalue weighted by Crippen LogP contribution is 2.29. The molecule has 5 rings (SSSR count). The smallest absolute Gasteiger partial charge is 0.338 e. The fourth-order valence-corrected chi connectivity index (χ4v) is 3.90. The maximum absolute atomic E-state index is 14.1. The number of hydrogen-bond donors (Lipinski definition) is 1. The molecular weight excluding hydrogens is 317 g/mol. The molecule has 2 aromatic rings. The molecule has 0 aliphatic carbocycles. The number of ether oxygens (including phenoxy) is 1. The highest BCUT2D eigenvalue weighted by molar-refractivity contribution is 5.89. The predicted octanol–water partition coefficient (Wildman–Crippen LogP) is 2.70. The fraction of sp³-hybridized carbons (Fsp3) is 0.286. The van der Waals surface area contributed by atoms with Gasteiger partial charge in [-0.15, -0.1) is 0 Å². The number of esters is 1. The lowest BCUT2D eigenvalue weighted by atomic mass is 9.82. The van der Waals surface area contributed by atoms with Crippen molar-refractivity contribution < 1.29 is 18.8 Å². The molecule has 4 heteroatoms. The second-order valence-corrected chi connectivity index (χ2v) is 6.75. The molecule has 0 spiro atoms. The summed E-state index contributed by atoms with van der Waals surface area (Å²) in [6.07, 6.45) is 3.68. The first-order chi connectivity index (χ1) is 12.2. The number of fused-ring (bicyclic) bond motifs is 3. The lowest BCUT2D eigenvalue weighted by Gasteiger charge is -2.42. The summed E-state index contributed by atoms with van der Waals surface area (Å²) in [6.45, 7) is 2.04. The van der Waals surface area contributed by atoms with E-state index in [1.807, 2.05) is 30.3 Å². The molecule has 2 aromatic carbocycles. The molecule has 0 amide bonds. The second-order valence-electron chi connectivity index (χ2n) is 6.75. The predicted molar refractivity (Wildman–Crippen MR) is 93.4 cm³/mol. The van der Waals surface area contributed by atoms with Gasteiger partial charge in [0.05, 0.1) is 18.7 Å². The van der Waals surface area contributed by atoms with Gasteiger partial charge in [0.1, 0.15) is 11.5 Å². The average Bonchev–Trinajstić information content (AvgIpc) is 2.66. The van der Waals surface area contributed by atoms with Crippen molar-refractivity contribution in [1.29, 1.82) is 0 Å². The van der Waals surface area contributed by atoms with Gasteiger partial charge in [-0.25, -0.2) is 9.18 Å². The van der Waals surface area contributed by atoms with Gasteiger partial charge in [0, 0.05) is 30.4 Å². The normalized spacial score (nSPS) is 26.6. The van der Waals surface area contributed by atoms with Crippen LogP contribution in [0.2, 0.25) is 0 Å². The standard InChI is InChI=1S/C21H20FNO2/c22-18-9-5-4-8-17(18)14-19-20(15-10-12-23(19)13-11-15)25-21(24)16-6-2-1-3-7-16/h1-9,14-15,20H,10-13H2/p+1/t20-/m1/s1. The number of halogens is 1. The van der Waals surface area contributed by atoms with Crippen LogP contribution < -0.4 is 4.90 Å². The zero-order valence-electron chi connectivity index (χ0n) is 14.0. The van der Waals surface area contributed by atoms with E-state index in [1.165, 1.54) is 11.0 Å². The van der Waals surface area contributed by atoms with E-state index >= 15 is 0 Å². The third-order valence-electron chi connectivity index (χ3n) is 5.24. The summed E-state index contributed by atoms with van der Waals surface area (Å²) in [5.74, 6) is -0.230. The Morgan fingerprint density at radius 3 is 2.44 bits per heavy atom. The molecule has 2 bridgehead atoms. The zero-order valence-corrected chi connectivity index (χ0v) is 14.0. The molecular formula is C21H21FNO2+. The van der Waals surface area contributed by atoms with Crippen LogP contribution in [0.1, 0.15) is 28.8 Å². The van der Waals surface area contributed by atoms with Crippen molar-refractivity contribution in [1.82, 2.24) is 0 Å². The highest BCUT2D eigenvalue weighted by Gasteiger charge is 2.44. The summed E-state index contributed by atoms with van der Waals surface area (Å²) in [7, 11) is 0. The number of quaternary nitrogens is 1. The van der Waals surface area contributed by atoms with Gasteiger partial charge in [0.25, 0.3) is 0 Å². The van der Waals surface area contributed by atoms with Gasteiger partial charge < -0.3 is 9.64 Å². The number of nitrogens with one attached hydrogen (secondary N) is 1. The Kier molecular flexibility index (Phi) is 4.36.